The van der Waals surface area contributed by atoms with Gasteiger partial charge in [-0.25, -0.2) is 0 Å². The van der Waals surface area contributed by atoms with Crippen LogP contribution in [0.4, 0.5) is 5.69 Å². The van der Waals surface area contributed by atoms with Crippen molar-refractivity contribution in [3.05, 3.63) is 46.4 Å². The molecule has 0 fully saturated rings. The van der Waals surface area contributed by atoms with Crippen molar-refractivity contribution in [2.24, 2.45) is 5.92 Å². The first kappa shape index (κ1) is 16.0. The number of rotatable bonds is 7. The van der Waals surface area contributed by atoms with Crippen LogP contribution < -0.4 is 10.2 Å². The Morgan fingerprint density at radius 1 is 1.29 bits per heavy atom. The number of pyridine rings is 1. The summed E-state index contributed by atoms with van der Waals surface area (Å²) in [6.07, 6.45) is 1.90. The van der Waals surface area contributed by atoms with E-state index in [2.05, 4.69) is 72.7 Å². The highest BCUT2D eigenvalue weighted by atomic mass is 32.1. The van der Waals surface area contributed by atoms with Crippen LogP contribution in [0.2, 0.25) is 0 Å². The molecule has 0 amide bonds. The normalized spacial score (nSPS) is 12.6. The molecule has 1 N–H and O–H groups in total. The summed E-state index contributed by atoms with van der Waals surface area (Å²) in [5.41, 5.74) is 2.31. The summed E-state index contributed by atoms with van der Waals surface area (Å²) in [6.45, 7) is 8.52. The van der Waals surface area contributed by atoms with E-state index in [-0.39, 0.29) is 0 Å². The molecule has 0 aliphatic heterocycles. The zero-order valence-electron chi connectivity index (χ0n) is 13.3. The third-order valence-corrected chi connectivity index (χ3v) is 4.64. The molecule has 114 valence electrons. The minimum absolute atomic E-state index is 0.379. The van der Waals surface area contributed by atoms with E-state index < -0.39 is 0 Å². The molecule has 21 heavy (non-hydrogen) atoms. The minimum Gasteiger partial charge on any atom is -0.367 e. The van der Waals surface area contributed by atoms with Crippen molar-refractivity contribution in [2.45, 2.75) is 33.4 Å². The first-order valence-corrected chi connectivity index (χ1v) is 8.37. The maximum atomic E-state index is 4.45. The van der Waals surface area contributed by atoms with Gasteiger partial charge in [-0.05, 0) is 43.0 Å². The van der Waals surface area contributed by atoms with Crippen LogP contribution in [-0.2, 0) is 6.54 Å². The predicted octanol–water partition coefficient (Wildman–Crippen LogP) is 4.09. The summed E-state index contributed by atoms with van der Waals surface area (Å²) < 4.78 is 0. The second-order valence-corrected chi connectivity index (χ2v) is 6.81. The van der Waals surface area contributed by atoms with Crippen molar-refractivity contribution in [1.82, 2.24) is 10.3 Å². The minimum atomic E-state index is 0.379. The van der Waals surface area contributed by atoms with E-state index in [9.17, 15) is 0 Å². The highest BCUT2D eigenvalue weighted by Crippen LogP contribution is 2.28. The third-order valence-electron chi connectivity index (χ3n) is 3.60. The number of aromatic nitrogens is 1. The van der Waals surface area contributed by atoms with Crippen molar-refractivity contribution in [3.63, 3.8) is 0 Å². The molecule has 0 aliphatic rings. The fourth-order valence-electron chi connectivity index (χ4n) is 2.21. The lowest BCUT2D eigenvalue weighted by atomic mass is 10.2. The molecule has 0 saturated carbocycles. The maximum absolute atomic E-state index is 4.45. The molecule has 2 aromatic heterocycles. The summed E-state index contributed by atoms with van der Waals surface area (Å²) in [5.74, 6) is 0.662. The number of anilines is 1. The molecule has 1 unspecified atom stereocenters. The molecule has 0 spiro atoms. The summed E-state index contributed by atoms with van der Waals surface area (Å²) >= 11 is 1.81. The van der Waals surface area contributed by atoms with Gasteiger partial charge in [0.15, 0.2) is 0 Å². The van der Waals surface area contributed by atoms with Crippen LogP contribution in [0.1, 0.15) is 37.4 Å². The summed E-state index contributed by atoms with van der Waals surface area (Å²) in [4.78, 5) is 8.14. The van der Waals surface area contributed by atoms with Gasteiger partial charge in [0.1, 0.15) is 0 Å². The van der Waals surface area contributed by atoms with E-state index >= 15 is 0 Å². The van der Waals surface area contributed by atoms with Crippen LogP contribution >= 0.6 is 11.3 Å². The largest absolute Gasteiger partial charge is 0.367 e. The van der Waals surface area contributed by atoms with Crippen molar-refractivity contribution in [3.8, 4) is 0 Å². The lowest BCUT2D eigenvalue weighted by Crippen LogP contribution is -2.22. The van der Waals surface area contributed by atoms with Gasteiger partial charge >= 0.3 is 0 Å². The van der Waals surface area contributed by atoms with Crippen LogP contribution in [0, 0.1) is 5.92 Å². The van der Waals surface area contributed by atoms with Gasteiger partial charge in [-0.1, -0.05) is 19.9 Å². The highest BCUT2D eigenvalue weighted by Gasteiger charge is 2.13. The van der Waals surface area contributed by atoms with Gasteiger partial charge in [-0.3, -0.25) is 4.98 Å². The molecule has 0 radical (unpaired) electrons. The molecular formula is C17H25N3S. The van der Waals surface area contributed by atoms with Crippen LogP contribution in [-0.4, -0.2) is 18.6 Å². The molecule has 4 heteroatoms. The van der Waals surface area contributed by atoms with E-state index in [1.807, 2.05) is 6.20 Å². The van der Waals surface area contributed by atoms with E-state index in [4.69, 9.17) is 0 Å². The number of hydrogen-bond donors (Lipinski definition) is 1. The number of nitrogens with one attached hydrogen (secondary N) is 1. The molecule has 2 aromatic rings. The topological polar surface area (TPSA) is 28.2 Å². The van der Waals surface area contributed by atoms with Gasteiger partial charge in [-0.15, -0.1) is 11.3 Å². The Bertz CT molecular complexity index is 537. The lowest BCUT2D eigenvalue weighted by Gasteiger charge is -2.26. The Labute approximate surface area is 132 Å². The molecule has 3 nitrogen and oxygen atoms in total. The first-order valence-electron chi connectivity index (χ1n) is 7.49. The summed E-state index contributed by atoms with van der Waals surface area (Å²) in [7, 11) is 2.14. The van der Waals surface area contributed by atoms with Crippen LogP contribution in [0.3, 0.4) is 0 Å². The number of thiophene rings is 1. The Balaban J connectivity index is 2.02. The van der Waals surface area contributed by atoms with E-state index in [0.29, 0.717) is 12.0 Å². The Kier molecular flexibility index (Phi) is 5.76. The van der Waals surface area contributed by atoms with Crippen LogP contribution in [0.25, 0.3) is 0 Å². The zero-order valence-corrected chi connectivity index (χ0v) is 14.2. The monoisotopic (exact) mass is 303 g/mol. The average molecular weight is 303 g/mol. The molecule has 0 aliphatic carbocycles. The Hall–Kier alpha value is -1.39. The van der Waals surface area contributed by atoms with Crippen molar-refractivity contribution in [2.75, 3.05) is 18.5 Å². The molecule has 1 atom stereocenters. The fourth-order valence-corrected chi connectivity index (χ4v) is 3.04. The quantitative estimate of drug-likeness (QED) is 0.835. The SMILES string of the molecule is CC(C)CNCc1cc(N(C)C(C)c2cccs2)ccn1. The first-order chi connectivity index (χ1) is 10.1. The second kappa shape index (κ2) is 7.57. The van der Waals surface area contributed by atoms with Gasteiger partial charge in [0.05, 0.1) is 11.7 Å². The third kappa shape index (κ3) is 4.55. The van der Waals surface area contributed by atoms with E-state index in [1.165, 1.54) is 10.6 Å². The Morgan fingerprint density at radius 2 is 2.10 bits per heavy atom. The van der Waals surface area contributed by atoms with Gasteiger partial charge in [0, 0.05) is 30.4 Å². The second-order valence-electron chi connectivity index (χ2n) is 5.83. The van der Waals surface area contributed by atoms with Crippen molar-refractivity contribution >= 4 is 17.0 Å². The number of nitrogens with zero attached hydrogens (tertiary/aromatic N) is 2. The van der Waals surface area contributed by atoms with Gasteiger partial charge in [0.2, 0.25) is 0 Å². The average Bonchev–Trinajstić information content (AvgIpc) is 3.00. The standard InChI is InChI=1S/C17H25N3S/c1-13(2)11-18-12-15-10-16(7-8-19-15)20(4)14(3)17-6-5-9-21-17/h5-10,13-14,18H,11-12H2,1-4H3. The predicted molar refractivity (Wildman–Crippen MR) is 91.9 cm³/mol. The fraction of sp³-hybridized carbons (Fsp3) is 0.471. The summed E-state index contributed by atoms with van der Waals surface area (Å²) in [5, 5.41) is 5.58. The van der Waals surface area contributed by atoms with Crippen LogP contribution in [0.15, 0.2) is 35.8 Å². The summed E-state index contributed by atoms with van der Waals surface area (Å²) in [6, 6.07) is 8.94. The smallest absolute Gasteiger partial charge is 0.0603 e. The zero-order chi connectivity index (χ0) is 15.2. The van der Waals surface area contributed by atoms with Gasteiger partial charge in [-0.2, -0.15) is 0 Å². The van der Waals surface area contributed by atoms with E-state index in [0.717, 1.165) is 18.8 Å². The molecule has 0 aromatic carbocycles. The lowest BCUT2D eigenvalue weighted by molar-refractivity contribution is 0.548. The molecule has 2 rings (SSSR count). The van der Waals surface area contributed by atoms with Gasteiger partial charge < -0.3 is 10.2 Å². The van der Waals surface area contributed by atoms with E-state index in [1.54, 1.807) is 11.3 Å². The maximum Gasteiger partial charge on any atom is 0.0603 e. The Morgan fingerprint density at radius 3 is 2.76 bits per heavy atom. The molecule has 2 heterocycles. The highest BCUT2D eigenvalue weighted by molar-refractivity contribution is 7.10. The molecule has 0 bridgehead atoms. The van der Waals surface area contributed by atoms with Gasteiger partial charge in [0.25, 0.3) is 0 Å². The molecule has 0 saturated heterocycles. The van der Waals surface area contributed by atoms with Crippen LogP contribution in [0.5, 0.6) is 0 Å². The van der Waals surface area contributed by atoms with Crippen molar-refractivity contribution < 1.29 is 0 Å². The molecular weight excluding hydrogens is 278 g/mol. The number of hydrogen-bond acceptors (Lipinski definition) is 4. The van der Waals surface area contributed by atoms with Crippen molar-refractivity contribution in [1.29, 1.82) is 0 Å².